The van der Waals surface area contributed by atoms with Crippen molar-refractivity contribution in [2.75, 3.05) is 26.7 Å². The molecule has 0 aliphatic carbocycles. The standard InChI is InChI=1S/C36H46N6O3/c1-36(2,3)45-35(43)41-19-17-30(18-20-41)39(4)24-26-9-12-28(13-10-26)29-14-16-33-31(22-29)32(15-11-27-23-37-40(5)25-27)38-42(33)34-8-6-7-21-44-34/h9-16,22-23,25,30,34H,6-8,17-21,24H2,1-5H3/b15-11+. The average Bonchev–Trinajstić information content (AvgIpc) is 3.62. The summed E-state index contributed by atoms with van der Waals surface area (Å²) in [6.07, 6.45) is 12.9. The molecule has 2 aromatic heterocycles. The molecule has 1 amide bonds. The maximum Gasteiger partial charge on any atom is 0.410 e. The van der Waals surface area contributed by atoms with Gasteiger partial charge >= 0.3 is 6.09 Å². The van der Waals surface area contributed by atoms with E-state index in [1.54, 1.807) is 4.68 Å². The van der Waals surface area contributed by atoms with Gasteiger partial charge in [0.2, 0.25) is 0 Å². The number of ether oxygens (including phenoxy) is 2. The van der Waals surface area contributed by atoms with Gasteiger partial charge in [0.05, 0.1) is 17.4 Å². The monoisotopic (exact) mass is 610 g/mol. The normalized spacial score (nSPS) is 18.4. The van der Waals surface area contributed by atoms with Crippen LogP contribution in [0.2, 0.25) is 0 Å². The topological polar surface area (TPSA) is 77.7 Å². The highest BCUT2D eigenvalue weighted by molar-refractivity contribution is 5.93. The van der Waals surface area contributed by atoms with Crippen LogP contribution < -0.4 is 0 Å². The van der Waals surface area contributed by atoms with E-state index in [1.165, 1.54) is 11.1 Å². The first-order chi connectivity index (χ1) is 21.6. The minimum absolute atomic E-state index is 0.0338. The Hall–Kier alpha value is -3.95. The summed E-state index contributed by atoms with van der Waals surface area (Å²) in [5, 5.41) is 10.4. The minimum atomic E-state index is -0.464. The van der Waals surface area contributed by atoms with Crippen LogP contribution in [0.4, 0.5) is 4.79 Å². The molecule has 9 heteroatoms. The van der Waals surface area contributed by atoms with Gasteiger partial charge in [-0.15, -0.1) is 0 Å². The third-order valence-electron chi connectivity index (χ3n) is 8.78. The number of fused-ring (bicyclic) bond motifs is 1. The van der Waals surface area contributed by atoms with Gasteiger partial charge in [-0.2, -0.15) is 10.2 Å². The molecule has 0 N–H and O–H groups in total. The Balaban J connectivity index is 1.15. The molecular formula is C36H46N6O3. The molecule has 4 aromatic rings. The van der Waals surface area contributed by atoms with Crippen LogP contribution in [0.5, 0.6) is 0 Å². The van der Waals surface area contributed by atoms with Crippen molar-refractivity contribution in [1.29, 1.82) is 0 Å². The summed E-state index contributed by atoms with van der Waals surface area (Å²) in [6, 6.07) is 16.0. The van der Waals surface area contributed by atoms with Crippen molar-refractivity contribution in [1.82, 2.24) is 29.4 Å². The third-order valence-corrected chi connectivity index (χ3v) is 8.78. The predicted molar refractivity (Wildman–Crippen MR) is 178 cm³/mol. The molecule has 2 aromatic carbocycles. The number of carbonyl (C=O) groups excluding carboxylic acids is 1. The highest BCUT2D eigenvalue weighted by Gasteiger charge is 2.28. The minimum Gasteiger partial charge on any atom is -0.444 e. The molecule has 6 rings (SSSR count). The first-order valence-electron chi connectivity index (χ1n) is 16.2. The number of amides is 1. The number of nitrogens with zero attached hydrogens (tertiary/aromatic N) is 6. The van der Waals surface area contributed by atoms with Crippen LogP contribution in [0.1, 0.15) is 75.9 Å². The molecule has 1 unspecified atom stereocenters. The van der Waals surface area contributed by atoms with Gasteiger partial charge in [-0.05, 0) is 101 Å². The zero-order chi connectivity index (χ0) is 31.6. The van der Waals surface area contributed by atoms with E-state index in [0.717, 1.165) is 86.1 Å². The Bertz CT molecular complexity index is 1630. The van der Waals surface area contributed by atoms with Crippen LogP contribution in [0.15, 0.2) is 54.9 Å². The van der Waals surface area contributed by atoms with E-state index in [1.807, 2.05) is 45.1 Å². The Morgan fingerprint density at radius 1 is 1.04 bits per heavy atom. The number of aryl methyl sites for hydroxylation is 1. The van der Waals surface area contributed by atoms with Gasteiger partial charge in [0.15, 0.2) is 6.23 Å². The van der Waals surface area contributed by atoms with Gasteiger partial charge in [0.25, 0.3) is 0 Å². The van der Waals surface area contributed by atoms with Crippen molar-refractivity contribution >= 4 is 29.1 Å². The van der Waals surface area contributed by atoms with Crippen molar-refractivity contribution in [3.63, 3.8) is 0 Å². The second-order valence-electron chi connectivity index (χ2n) is 13.5. The van der Waals surface area contributed by atoms with E-state index in [9.17, 15) is 4.79 Å². The number of piperidine rings is 1. The van der Waals surface area contributed by atoms with E-state index >= 15 is 0 Å². The summed E-state index contributed by atoms with van der Waals surface area (Å²) >= 11 is 0. The number of hydrogen-bond acceptors (Lipinski definition) is 6. The van der Waals surface area contributed by atoms with E-state index in [2.05, 4.69) is 76.3 Å². The third kappa shape index (κ3) is 7.48. The second kappa shape index (κ2) is 13.2. The number of aromatic nitrogens is 4. The van der Waals surface area contributed by atoms with Crippen molar-refractivity contribution in [2.24, 2.45) is 7.05 Å². The van der Waals surface area contributed by atoms with Crippen molar-refractivity contribution in [3.05, 3.63) is 71.7 Å². The second-order valence-corrected chi connectivity index (χ2v) is 13.5. The molecule has 2 aliphatic heterocycles. The van der Waals surface area contributed by atoms with Crippen molar-refractivity contribution < 1.29 is 14.3 Å². The largest absolute Gasteiger partial charge is 0.444 e. The van der Waals surface area contributed by atoms with Gasteiger partial charge in [0.1, 0.15) is 5.60 Å². The first-order valence-corrected chi connectivity index (χ1v) is 16.2. The molecule has 0 saturated carbocycles. The summed E-state index contributed by atoms with van der Waals surface area (Å²) in [4.78, 5) is 16.7. The molecular weight excluding hydrogens is 564 g/mol. The summed E-state index contributed by atoms with van der Waals surface area (Å²) in [5.41, 5.74) is 6.22. The van der Waals surface area contributed by atoms with Crippen LogP contribution in [-0.2, 0) is 23.1 Å². The summed E-state index contributed by atoms with van der Waals surface area (Å²) in [6.45, 7) is 8.84. The Morgan fingerprint density at radius 2 is 1.80 bits per heavy atom. The number of likely N-dealkylation sites (tertiary alicyclic amines) is 1. The van der Waals surface area contributed by atoms with E-state index in [-0.39, 0.29) is 12.3 Å². The maximum atomic E-state index is 12.5. The lowest BCUT2D eigenvalue weighted by Gasteiger charge is -2.37. The molecule has 2 saturated heterocycles. The van der Waals surface area contributed by atoms with Gasteiger partial charge in [0, 0.05) is 56.5 Å². The fourth-order valence-electron chi connectivity index (χ4n) is 6.34. The van der Waals surface area contributed by atoms with Gasteiger partial charge in [-0.3, -0.25) is 9.58 Å². The van der Waals surface area contributed by atoms with Gasteiger partial charge in [-0.1, -0.05) is 30.3 Å². The highest BCUT2D eigenvalue weighted by atomic mass is 16.6. The molecule has 0 spiro atoms. The van der Waals surface area contributed by atoms with Crippen LogP contribution in [-0.4, -0.2) is 73.8 Å². The summed E-state index contributed by atoms with van der Waals surface area (Å²) in [7, 11) is 4.11. The molecule has 4 heterocycles. The summed E-state index contributed by atoms with van der Waals surface area (Å²) in [5.74, 6) is 0. The number of benzene rings is 2. The lowest BCUT2D eigenvalue weighted by atomic mass is 10.0. The molecule has 0 radical (unpaired) electrons. The van der Waals surface area contributed by atoms with Gasteiger partial charge in [-0.25, -0.2) is 9.48 Å². The molecule has 2 fully saturated rings. The number of hydrogen-bond donors (Lipinski definition) is 0. The molecule has 1 atom stereocenters. The van der Waals surface area contributed by atoms with Crippen LogP contribution in [0.3, 0.4) is 0 Å². The molecule has 9 nitrogen and oxygen atoms in total. The number of rotatable bonds is 7. The van der Waals surface area contributed by atoms with Gasteiger partial charge < -0.3 is 14.4 Å². The fourth-order valence-corrected chi connectivity index (χ4v) is 6.34. The molecule has 0 bridgehead atoms. The van der Waals surface area contributed by atoms with E-state index in [4.69, 9.17) is 14.6 Å². The Labute approximate surface area is 266 Å². The molecule has 45 heavy (non-hydrogen) atoms. The molecule has 238 valence electrons. The van der Waals surface area contributed by atoms with Crippen LogP contribution in [0, 0.1) is 0 Å². The van der Waals surface area contributed by atoms with Crippen LogP contribution in [0.25, 0.3) is 34.2 Å². The molecule has 2 aliphatic rings. The lowest BCUT2D eigenvalue weighted by molar-refractivity contribution is -0.0367. The quantitative estimate of drug-likeness (QED) is 0.221. The van der Waals surface area contributed by atoms with E-state index < -0.39 is 5.60 Å². The van der Waals surface area contributed by atoms with Crippen molar-refractivity contribution in [2.45, 2.75) is 77.3 Å². The zero-order valence-electron chi connectivity index (χ0n) is 27.3. The first kappa shape index (κ1) is 31.0. The fraction of sp³-hybridized carbons (Fsp3) is 0.472. The Morgan fingerprint density at radius 3 is 2.47 bits per heavy atom. The lowest BCUT2D eigenvalue weighted by Crippen LogP contribution is -2.46. The SMILES string of the molecule is CN(Cc1ccc(-c2ccc3c(c2)c(/C=C/c2cnn(C)c2)nn3C2CCCCO2)cc1)C1CCN(C(=O)OC(C)(C)C)CC1. The highest BCUT2D eigenvalue weighted by Crippen LogP contribution is 2.32. The predicted octanol–water partition coefficient (Wildman–Crippen LogP) is 7.14. The maximum absolute atomic E-state index is 12.5. The zero-order valence-corrected chi connectivity index (χ0v) is 27.3. The van der Waals surface area contributed by atoms with Crippen LogP contribution >= 0.6 is 0 Å². The average molecular weight is 611 g/mol. The Kier molecular flexibility index (Phi) is 9.10. The van der Waals surface area contributed by atoms with E-state index in [0.29, 0.717) is 6.04 Å². The smallest absolute Gasteiger partial charge is 0.410 e. The summed E-state index contributed by atoms with van der Waals surface area (Å²) < 4.78 is 15.6. The van der Waals surface area contributed by atoms with Crippen molar-refractivity contribution in [3.8, 4) is 11.1 Å². The number of carbonyl (C=O) groups is 1.